The van der Waals surface area contributed by atoms with Gasteiger partial charge in [0, 0.05) is 32.5 Å². The molecule has 1 aliphatic carbocycles. The molecule has 3 N–H and O–H groups in total. The molecule has 5 rings (SSSR count). The molecule has 0 unspecified atom stereocenters. The maximum absolute atomic E-state index is 13.4. The van der Waals surface area contributed by atoms with Crippen LogP contribution in [0.4, 0.5) is 22.0 Å². The number of hydrogen-bond donors (Lipinski definition) is 3. The fourth-order valence-corrected chi connectivity index (χ4v) is 4.34. The van der Waals surface area contributed by atoms with E-state index >= 15 is 0 Å². The third kappa shape index (κ3) is 3.90. The van der Waals surface area contributed by atoms with Gasteiger partial charge in [0.15, 0.2) is 5.65 Å². The summed E-state index contributed by atoms with van der Waals surface area (Å²) < 4.78 is 14.6. The number of carbonyl (C=O) groups excluding carboxylic acids is 1. The van der Waals surface area contributed by atoms with Crippen LogP contribution in [0.3, 0.4) is 0 Å². The molecule has 0 radical (unpaired) electrons. The van der Waals surface area contributed by atoms with E-state index in [0.717, 1.165) is 18.4 Å². The van der Waals surface area contributed by atoms with Crippen LogP contribution < -0.4 is 21.5 Å². The van der Waals surface area contributed by atoms with E-state index in [1.807, 2.05) is 20.0 Å². The molecular formula is C23H29N7O4. The smallest absolute Gasteiger partial charge is 0.328 e. The Morgan fingerprint density at radius 3 is 2.76 bits per heavy atom. The number of amides is 1. The molecule has 3 aromatic rings. The molecule has 11 heteroatoms. The van der Waals surface area contributed by atoms with Gasteiger partial charge in [-0.1, -0.05) is 0 Å². The average molecular weight is 468 g/mol. The molecule has 0 spiro atoms. The normalized spacial score (nSPS) is 24.8. The van der Waals surface area contributed by atoms with Crippen LogP contribution in [0, 0.1) is 0 Å². The number of carbonyl (C=O) groups is 1. The number of fused-ring (bicyclic) bond motifs is 3. The Bertz CT molecular complexity index is 1290. The van der Waals surface area contributed by atoms with E-state index in [-0.39, 0.29) is 35.9 Å². The van der Waals surface area contributed by atoms with Gasteiger partial charge in [-0.2, -0.15) is 0 Å². The molecule has 0 saturated heterocycles. The number of nitrogens with one attached hydrogen (secondary N) is 3. The van der Waals surface area contributed by atoms with Crippen molar-refractivity contribution in [2.75, 3.05) is 24.8 Å². The predicted molar refractivity (Wildman–Crippen MR) is 128 cm³/mol. The molecule has 4 heterocycles. The van der Waals surface area contributed by atoms with Crippen molar-refractivity contribution in [1.29, 1.82) is 0 Å². The van der Waals surface area contributed by atoms with Crippen LogP contribution in [0.15, 0.2) is 29.5 Å². The third-order valence-electron chi connectivity index (χ3n) is 6.72. The number of rotatable bonds is 3. The monoisotopic (exact) mass is 467 g/mol. The van der Waals surface area contributed by atoms with Crippen molar-refractivity contribution in [2.24, 2.45) is 0 Å². The lowest BCUT2D eigenvalue weighted by Crippen LogP contribution is -2.43. The van der Waals surface area contributed by atoms with E-state index in [4.69, 9.17) is 9.47 Å². The van der Waals surface area contributed by atoms with Gasteiger partial charge in [0.05, 0.1) is 30.5 Å². The van der Waals surface area contributed by atoms with E-state index in [1.54, 1.807) is 30.9 Å². The third-order valence-corrected chi connectivity index (χ3v) is 6.72. The first-order chi connectivity index (χ1) is 16.4. The number of methoxy groups -OCH3 is 1. The van der Waals surface area contributed by atoms with Gasteiger partial charge >= 0.3 is 6.03 Å². The Hall–Kier alpha value is -3.44. The molecule has 4 bridgehead atoms. The van der Waals surface area contributed by atoms with E-state index in [9.17, 15) is 9.59 Å². The van der Waals surface area contributed by atoms with Crippen LogP contribution in [0.1, 0.15) is 38.3 Å². The molecule has 34 heavy (non-hydrogen) atoms. The van der Waals surface area contributed by atoms with Gasteiger partial charge in [-0.25, -0.2) is 19.3 Å². The summed E-state index contributed by atoms with van der Waals surface area (Å²) in [4.78, 5) is 35.3. The Labute approximate surface area is 196 Å². The van der Waals surface area contributed by atoms with Gasteiger partial charge in [-0.15, -0.1) is 0 Å². The Balaban J connectivity index is 1.64. The van der Waals surface area contributed by atoms with Crippen molar-refractivity contribution in [1.82, 2.24) is 24.4 Å². The summed E-state index contributed by atoms with van der Waals surface area (Å²) in [5, 5.41) is 9.23. The van der Waals surface area contributed by atoms with Crippen LogP contribution in [-0.2, 0) is 16.1 Å². The van der Waals surface area contributed by atoms with Crippen LogP contribution >= 0.6 is 0 Å². The summed E-state index contributed by atoms with van der Waals surface area (Å²) in [5.74, 6) is 0.426. The highest BCUT2D eigenvalue weighted by molar-refractivity contribution is 5.94. The summed E-state index contributed by atoms with van der Waals surface area (Å²) in [7, 11) is 3.46. The molecule has 3 aromatic heterocycles. The summed E-state index contributed by atoms with van der Waals surface area (Å²) in [6.45, 7) is 4.09. The standard InChI is InChI=1S/C23H29N7O4/c1-12-13(2)34-10-14-5-18(22(31)29(9-14)15-6-16(7-15)33-4)27-19-8-17(24-3)20-21(28-19)30(11-25-20)23(32)26-12/h5,8-9,11-13,15-16H,6-7,10H2,1-4H3,(H,26,32)(H2,24,27,28)/t12-,13-,15?,16?/m1/s1. The first-order valence-electron chi connectivity index (χ1n) is 11.4. The summed E-state index contributed by atoms with van der Waals surface area (Å²) in [5.41, 5.74) is 2.72. The van der Waals surface area contributed by atoms with Gasteiger partial charge in [0.1, 0.15) is 23.3 Å². The molecule has 1 aliphatic heterocycles. The van der Waals surface area contributed by atoms with Crippen molar-refractivity contribution < 1.29 is 14.3 Å². The van der Waals surface area contributed by atoms with Crippen molar-refractivity contribution in [2.45, 2.75) is 57.6 Å². The highest BCUT2D eigenvalue weighted by Gasteiger charge is 2.32. The van der Waals surface area contributed by atoms with Crippen molar-refractivity contribution in [3.05, 3.63) is 40.6 Å². The molecular weight excluding hydrogens is 438 g/mol. The maximum atomic E-state index is 13.4. The Kier molecular flexibility index (Phi) is 5.74. The molecule has 1 amide bonds. The molecule has 1 fully saturated rings. The van der Waals surface area contributed by atoms with Crippen LogP contribution in [0.5, 0.6) is 0 Å². The molecule has 2 aliphatic rings. The first-order valence-corrected chi connectivity index (χ1v) is 11.4. The van der Waals surface area contributed by atoms with Crippen molar-refractivity contribution in [3.8, 4) is 0 Å². The van der Waals surface area contributed by atoms with E-state index in [0.29, 0.717) is 35.0 Å². The fourth-order valence-electron chi connectivity index (χ4n) is 4.34. The van der Waals surface area contributed by atoms with E-state index < -0.39 is 0 Å². The molecule has 1 saturated carbocycles. The summed E-state index contributed by atoms with van der Waals surface area (Å²) in [6, 6.07) is 3.02. The topological polar surface area (TPSA) is 124 Å². The number of nitrogens with zero attached hydrogens (tertiary/aromatic N) is 4. The highest BCUT2D eigenvalue weighted by atomic mass is 16.5. The molecule has 0 aromatic carbocycles. The lowest BCUT2D eigenvalue weighted by Gasteiger charge is -2.35. The number of imidazole rings is 1. The summed E-state index contributed by atoms with van der Waals surface area (Å²) in [6.07, 6.45) is 4.77. The van der Waals surface area contributed by atoms with Crippen LogP contribution in [-0.4, -0.2) is 57.5 Å². The van der Waals surface area contributed by atoms with Gasteiger partial charge in [0.2, 0.25) is 0 Å². The minimum absolute atomic E-state index is 0.0669. The fraction of sp³-hybridized carbons (Fsp3) is 0.478. The highest BCUT2D eigenvalue weighted by Crippen LogP contribution is 2.34. The Morgan fingerprint density at radius 2 is 2.03 bits per heavy atom. The second-order valence-corrected chi connectivity index (χ2v) is 8.93. The van der Waals surface area contributed by atoms with Crippen molar-refractivity contribution in [3.63, 3.8) is 0 Å². The number of ether oxygens (including phenoxy) is 2. The van der Waals surface area contributed by atoms with Crippen molar-refractivity contribution >= 4 is 34.4 Å². The van der Waals surface area contributed by atoms with E-state index in [2.05, 4.69) is 25.9 Å². The zero-order valence-corrected chi connectivity index (χ0v) is 19.7. The number of hydrogen-bond acceptors (Lipinski definition) is 8. The van der Waals surface area contributed by atoms with Gasteiger partial charge in [0.25, 0.3) is 5.56 Å². The predicted octanol–water partition coefficient (Wildman–Crippen LogP) is 2.59. The van der Waals surface area contributed by atoms with Gasteiger partial charge in [-0.05, 0) is 38.3 Å². The second kappa shape index (κ2) is 8.73. The number of pyridine rings is 2. The summed E-state index contributed by atoms with van der Waals surface area (Å²) >= 11 is 0. The van der Waals surface area contributed by atoms with Gasteiger partial charge in [-0.3, -0.25) is 4.79 Å². The largest absolute Gasteiger partial charge is 0.386 e. The number of anilines is 3. The average Bonchev–Trinajstić information content (AvgIpc) is 3.22. The Morgan fingerprint density at radius 1 is 1.24 bits per heavy atom. The first kappa shape index (κ1) is 22.4. The molecule has 2 atom stereocenters. The minimum Gasteiger partial charge on any atom is -0.386 e. The van der Waals surface area contributed by atoms with E-state index in [1.165, 1.54) is 10.9 Å². The van der Waals surface area contributed by atoms with Crippen LogP contribution in [0.25, 0.3) is 11.2 Å². The van der Waals surface area contributed by atoms with Crippen LogP contribution in [0.2, 0.25) is 0 Å². The SMILES string of the molecule is CNc1cc2nc3c1ncn3C(=O)N[C@H](C)[C@@H](C)OCc1cc(c(=O)n(C3CC(OC)C3)c1)N2. The second-order valence-electron chi connectivity index (χ2n) is 8.93. The maximum Gasteiger partial charge on any atom is 0.328 e. The van der Waals surface area contributed by atoms with Gasteiger partial charge < -0.3 is 30.0 Å². The zero-order chi connectivity index (χ0) is 24.0. The number of aromatic nitrogens is 4. The minimum atomic E-state index is -0.354. The zero-order valence-electron chi connectivity index (χ0n) is 19.7. The lowest BCUT2D eigenvalue weighted by molar-refractivity contribution is 0.00459. The molecule has 11 nitrogen and oxygen atoms in total. The quantitative estimate of drug-likeness (QED) is 0.537. The lowest BCUT2D eigenvalue weighted by atomic mass is 9.89. The molecule has 180 valence electrons.